The van der Waals surface area contributed by atoms with Crippen LogP contribution in [0.25, 0.3) is 17.3 Å². The molecule has 0 bridgehead atoms. The van der Waals surface area contributed by atoms with E-state index in [0.29, 0.717) is 4.31 Å². The number of benzene rings is 1. The molecule has 10 heteroatoms. The zero-order valence-corrected chi connectivity index (χ0v) is 18.1. The summed E-state index contributed by atoms with van der Waals surface area (Å²) in [7, 11) is -2.85. The number of esters is 1. The fraction of sp³-hybridized carbons (Fsp3) is 0.409. The zero-order chi connectivity index (χ0) is 28.6. The van der Waals surface area contributed by atoms with E-state index in [2.05, 4.69) is 9.97 Å². The number of nitrogens with zero attached hydrogens (tertiary/aromatic N) is 3. The van der Waals surface area contributed by atoms with Crippen LogP contribution in [0.1, 0.15) is 51.9 Å². The summed E-state index contributed by atoms with van der Waals surface area (Å²) in [5.74, 6) is -3.94. The number of aromatic nitrogens is 2. The molecule has 172 valence electrons. The molecular weight excluding hydrogens is 437 g/mol. The highest BCUT2D eigenvalue weighted by Gasteiger charge is 2.26. The summed E-state index contributed by atoms with van der Waals surface area (Å²) in [4.78, 5) is 20.2. The maximum Gasteiger partial charge on any atom is 0.309 e. The van der Waals surface area contributed by atoms with E-state index in [0.717, 1.165) is 25.4 Å². The second-order valence-corrected chi connectivity index (χ2v) is 9.34. The molecule has 3 rings (SSSR count). The third kappa shape index (κ3) is 5.49. The van der Waals surface area contributed by atoms with E-state index in [1.807, 2.05) is 0 Å². The van der Waals surface area contributed by atoms with Crippen LogP contribution in [-0.2, 0) is 19.6 Å². The molecule has 0 radical (unpaired) electrons. The van der Waals surface area contributed by atoms with Crippen LogP contribution in [0.2, 0.25) is 0 Å². The highest BCUT2D eigenvalue weighted by Crippen LogP contribution is 2.32. The van der Waals surface area contributed by atoms with Crippen LogP contribution >= 0.6 is 0 Å². The molecule has 2 aromatic rings. The molecule has 1 aliphatic heterocycles. The van der Waals surface area contributed by atoms with Crippen LogP contribution < -0.4 is 4.31 Å². The van der Waals surface area contributed by atoms with Crippen LogP contribution in [0.4, 0.5) is 10.3 Å². The molecule has 0 spiro atoms. The van der Waals surface area contributed by atoms with Crippen LogP contribution in [0.5, 0.6) is 0 Å². The van der Waals surface area contributed by atoms with Gasteiger partial charge < -0.3 is 9.84 Å². The van der Waals surface area contributed by atoms with Crippen molar-refractivity contribution in [3.05, 3.63) is 47.4 Å². The Labute approximate surface area is 195 Å². The number of hydrogen-bond acceptors (Lipinski definition) is 7. The number of sulfonamides is 1. The molecule has 1 aromatic carbocycles. The molecule has 0 saturated carbocycles. The van der Waals surface area contributed by atoms with E-state index in [-0.39, 0.29) is 29.7 Å². The second-order valence-electron chi connectivity index (χ2n) is 7.32. The predicted octanol–water partition coefficient (Wildman–Crippen LogP) is 2.88. The monoisotopic (exact) mass is 469 g/mol. The van der Waals surface area contributed by atoms with Gasteiger partial charge in [-0.3, -0.25) is 4.79 Å². The van der Waals surface area contributed by atoms with E-state index in [4.69, 9.17) is 13.0 Å². The Hall–Kier alpha value is -2.85. The van der Waals surface area contributed by atoms with Crippen LogP contribution in [0.3, 0.4) is 0 Å². The highest BCUT2D eigenvalue weighted by atomic mass is 32.2. The molecule has 1 fully saturated rings. The first-order chi connectivity index (χ1) is 17.4. The first-order valence-corrected chi connectivity index (χ1v) is 11.4. The standard InChI is InChI=1S/C22H26FN3O5S/c1-13(2)20-18(10-9-17-11-16(27)12-19(28)31-17)21(14-5-7-15(23)8-6-14)25-22(24-20)26(3)32(4,29)30/h5-10,13,16-17,27H,11-12H2,1-4H3/b10-9+/t16-,17+/m1/s1/i1D3,2D3. The summed E-state index contributed by atoms with van der Waals surface area (Å²) in [6, 6.07) is 4.78. The average Bonchev–Trinajstić information content (AvgIpc) is 2.74. The average molecular weight is 470 g/mol. The van der Waals surface area contributed by atoms with Gasteiger partial charge in [-0.05, 0) is 36.3 Å². The zero-order valence-electron chi connectivity index (χ0n) is 23.3. The Kier molecular flexibility index (Phi) is 4.88. The maximum atomic E-state index is 13.7. The minimum atomic E-state index is -3.97. The van der Waals surface area contributed by atoms with Crippen molar-refractivity contribution >= 4 is 28.0 Å². The van der Waals surface area contributed by atoms with Crippen molar-refractivity contribution in [3.8, 4) is 11.3 Å². The summed E-state index contributed by atoms with van der Waals surface area (Å²) < 4.78 is 91.9. The van der Waals surface area contributed by atoms with E-state index >= 15 is 0 Å². The van der Waals surface area contributed by atoms with Crippen molar-refractivity contribution in [2.75, 3.05) is 17.6 Å². The van der Waals surface area contributed by atoms with Gasteiger partial charge in [0.05, 0.1) is 30.2 Å². The van der Waals surface area contributed by atoms with Gasteiger partial charge in [0.2, 0.25) is 16.0 Å². The summed E-state index contributed by atoms with van der Waals surface area (Å²) in [5.41, 5.74) is -0.509. The SMILES string of the molecule is [2H]C([2H])([2H])C(c1nc(N(C)S(C)(=O)=O)nc(-c2ccc(F)cc2)c1/C=C/[C@H]1C[C@@H](O)CC(=O)O1)C([2H])([2H])[2H]. The molecule has 0 amide bonds. The Morgan fingerprint density at radius 3 is 2.59 bits per heavy atom. The predicted molar refractivity (Wildman–Crippen MR) is 119 cm³/mol. The lowest BCUT2D eigenvalue weighted by Crippen LogP contribution is -2.31. The van der Waals surface area contributed by atoms with E-state index in [1.165, 1.54) is 24.3 Å². The van der Waals surface area contributed by atoms with Gasteiger partial charge in [0.25, 0.3) is 0 Å². The van der Waals surface area contributed by atoms with Gasteiger partial charge in [-0.2, -0.15) is 0 Å². The van der Waals surface area contributed by atoms with E-state index < -0.39 is 65.3 Å². The van der Waals surface area contributed by atoms with Crippen LogP contribution in [0, 0.1) is 5.82 Å². The highest BCUT2D eigenvalue weighted by molar-refractivity contribution is 7.92. The fourth-order valence-corrected chi connectivity index (χ4v) is 3.48. The lowest BCUT2D eigenvalue weighted by molar-refractivity contribution is -0.156. The third-order valence-electron chi connectivity index (χ3n) is 4.80. The number of hydrogen-bond donors (Lipinski definition) is 1. The van der Waals surface area contributed by atoms with Gasteiger partial charge in [0.15, 0.2) is 0 Å². The number of aliphatic hydroxyl groups is 1. The summed E-state index contributed by atoms with van der Waals surface area (Å²) in [6.45, 7) is -6.23. The molecule has 2 atom stereocenters. The van der Waals surface area contributed by atoms with Crippen molar-refractivity contribution in [3.63, 3.8) is 0 Å². The quantitative estimate of drug-likeness (QED) is 0.648. The minimum Gasteiger partial charge on any atom is -0.458 e. The number of aliphatic hydroxyl groups excluding tert-OH is 1. The third-order valence-corrected chi connectivity index (χ3v) is 5.96. The van der Waals surface area contributed by atoms with Crippen molar-refractivity contribution in [2.24, 2.45) is 0 Å². The van der Waals surface area contributed by atoms with Gasteiger partial charge in [-0.15, -0.1) is 0 Å². The lowest BCUT2D eigenvalue weighted by atomic mass is 9.97. The Balaban J connectivity index is 2.38. The van der Waals surface area contributed by atoms with E-state index in [9.17, 15) is 22.7 Å². The van der Waals surface area contributed by atoms with Crippen molar-refractivity contribution < 1.29 is 35.7 Å². The van der Waals surface area contributed by atoms with Gasteiger partial charge in [-0.25, -0.2) is 27.1 Å². The lowest BCUT2D eigenvalue weighted by Gasteiger charge is -2.24. The minimum absolute atomic E-state index is 0.0290. The number of carbonyl (C=O) groups is 1. The van der Waals surface area contributed by atoms with E-state index in [1.54, 1.807) is 0 Å². The molecule has 2 heterocycles. The molecule has 32 heavy (non-hydrogen) atoms. The number of anilines is 1. The molecule has 8 nitrogen and oxygen atoms in total. The van der Waals surface area contributed by atoms with Crippen molar-refractivity contribution in [2.45, 2.75) is 44.7 Å². The Bertz CT molecular complexity index is 1320. The maximum absolute atomic E-state index is 13.7. The van der Waals surface area contributed by atoms with Crippen molar-refractivity contribution in [1.29, 1.82) is 0 Å². The summed E-state index contributed by atoms with van der Waals surface area (Å²) in [6.07, 6.45) is 1.35. The largest absolute Gasteiger partial charge is 0.458 e. The normalized spacial score (nSPS) is 23.0. The van der Waals surface area contributed by atoms with Gasteiger partial charge in [0, 0.05) is 32.8 Å². The number of ether oxygens (including phenoxy) is 1. The molecule has 1 aromatic heterocycles. The second kappa shape index (κ2) is 9.33. The molecule has 1 saturated heterocycles. The first-order valence-electron chi connectivity index (χ1n) is 12.6. The first kappa shape index (κ1) is 16.7. The molecule has 0 aliphatic carbocycles. The van der Waals surface area contributed by atoms with Crippen LogP contribution in [0.15, 0.2) is 30.3 Å². The molecule has 1 N–H and O–H groups in total. The topological polar surface area (TPSA) is 110 Å². The van der Waals surface area contributed by atoms with Gasteiger partial charge in [0.1, 0.15) is 11.9 Å². The number of halogens is 1. The number of cyclic esters (lactones) is 1. The Morgan fingerprint density at radius 2 is 2.00 bits per heavy atom. The summed E-state index contributed by atoms with van der Waals surface area (Å²) in [5, 5.41) is 9.93. The summed E-state index contributed by atoms with van der Waals surface area (Å²) >= 11 is 0. The van der Waals surface area contributed by atoms with Crippen molar-refractivity contribution in [1.82, 2.24) is 9.97 Å². The van der Waals surface area contributed by atoms with Gasteiger partial charge in [-0.1, -0.05) is 19.8 Å². The molecular formula is C22H26FN3O5S. The fourth-order valence-electron chi connectivity index (χ4n) is 3.11. The Morgan fingerprint density at radius 1 is 1.31 bits per heavy atom. The van der Waals surface area contributed by atoms with Gasteiger partial charge >= 0.3 is 5.97 Å². The number of carbonyl (C=O) groups excluding carboxylic acids is 1. The van der Waals surface area contributed by atoms with Crippen LogP contribution in [-0.4, -0.2) is 55.0 Å². The smallest absolute Gasteiger partial charge is 0.309 e. The number of rotatable bonds is 6. The molecule has 0 unspecified atom stereocenters. The molecule has 1 aliphatic rings.